The number of ether oxygens (including phenoxy) is 1. The summed E-state index contributed by atoms with van der Waals surface area (Å²) in [5, 5.41) is 0.875. The molecule has 1 heterocycles. The monoisotopic (exact) mass is 285 g/mol. The Kier molecular flexibility index (Phi) is 4.93. The lowest BCUT2D eigenvalue weighted by Gasteiger charge is -2.02. The lowest BCUT2D eigenvalue weighted by molar-refractivity contribution is -0.136. The first-order valence-corrected chi connectivity index (χ1v) is 7.12. The standard InChI is InChI=1S/C17H19NO3/c1-3-5-9-16(20)21-11-15(19)14-10-18-17-12(4-2)7-6-8-13(14)17/h5-10,18H,3-4,11H2,1-2H3/b9-5+. The number of allylic oxidation sites excluding steroid dienone is 1. The van der Waals surface area contributed by atoms with Crippen molar-refractivity contribution in [2.75, 3.05) is 6.61 Å². The lowest BCUT2D eigenvalue weighted by atomic mass is 10.1. The number of fused-ring (bicyclic) bond motifs is 1. The molecule has 1 aromatic carbocycles. The van der Waals surface area contributed by atoms with Crippen molar-refractivity contribution in [2.45, 2.75) is 26.7 Å². The number of hydrogen-bond acceptors (Lipinski definition) is 3. The van der Waals surface area contributed by atoms with Gasteiger partial charge >= 0.3 is 5.97 Å². The van der Waals surface area contributed by atoms with E-state index in [0.29, 0.717) is 5.56 Å². The minimum Gasteiger partial charge on any atom is -0.454 e. The minimum atomic E-state index is -0.487. The van der Waals surface area contributed by atoms with Crippen LogP contribution in [0.3, 0.4) is 0 Å². The molecule has 0 radical (unpaired) electrons. The number of rotatable bonds is 6. The predicted octanol–water partition coefficient (Wildman–Crippen LogP) is 3.42. The fourth-order valence-corrected chi connectivity index (χ4v) is 2.22. The van der Waals surface area contributed by atoms with E-state index in [2.05, 4.69) is 11.9 Å². The van der Waals surface area contributed by atoms with Crippen molar-refractivity contribution in [3.8, 4) is 0 Å². The SMILES string of the molecule is CC/C=C/C(=O)OCC(=O)c1c[nH]c2c(CC)cccc12. The van der Waals surface area contributed by atoms with Crippen LogP contribution in [0, 0.1) is 0 Å². The van der Waals surface area contributed by atoms with Crippen LogP contribution in [0.1, 0.15) is 36.2 Å². The third-order valence-corrected chi connectivity index (χ3v) is 3.32. The number of Topliss-reactive ketones (excluding diaryl/α,β-unsaturated/α-hetero) is 1. The van der Waals surface area contributed by atoms with Gasteiger partial charge in [0, 0.05) is 28.7 Å². The molecule has 4 nitrogen and oxygen atoms in total. The van der Waals surface area contributed by atoms with Gasteiger partial charge in [-0.3, -0.25) is 4.79 Å². The number of ketones is 1. The fourth-order valence-electron chi connectivity index (χ4n) is 2.22. The number of nitrogens with one attached hydrogen (secondary N) is 1. The van der Waals surface area contributed by atoms with Crippen LogP contribution in [0.4, 0.5) is 0 Å². The van der Waals surface area contributed by atoms with Crippen LogP contribution in [-0.4, -0.2) is 23.3 Å². The van der Waals surface area contributed by atoms with Crippen LogP contribution in [0.5, 0.6) is 0 Å². The molecule has 0 fully saturated rings. The number of carbonyl (C=O) groups excluding carboxylic acids is 2. The average molecular weight is 285 g/mol. The fraction of sp³-hybridized carbons (Fsp3) is 0.294. The van der Waals surface area contributed by atoms with Gasteiger partial charge in [-0.15, -0.1) is 0 Å². The van der Waals surface area contributed by atoms with Crippen LogP contribution in [0.2, 0.25) is 0 Å². The number of esters is 1. The number of H-pyrrole nitrogens is 1. The molecule has 0 bridgehead atoms. The van der Waals surface area contributed by atoms with Gasteiger partial charge in [-0.1, -0.05) is 38.1 Å². The van der Waals surface area contributed by atoms with Crippen molar-refractivity contribution < 1.29 is 14.3 Å². The molecule has 4 heteroatoms. The first-order chi connectivity index (χ1) is 10.2. The molecule has 0 aliphatic carbocycles. The average Bonchev–Trinajstić information content (AvgIpc) is 2.94. The summed E-state index contributed by atoms with van der Waals surface area (Å²) in [4.78, 5) is 26.7. The zero-order valence-corrected chi connectivity index (χ0v) is 12.3. The van der Waals surface area contributed by atoms with Crippen molar-refractivity contribution in [3.05, 3.63) is 47.7 Å². The van der Waals surface area contributed by atoms with Crippen molar-refractivity contribution in [1.82, 2.24) is 4.98 Å². The second-order valence-corrected chi connectivity index (χ2v) is 4.74. The van der Waals surface area contributed by atoms with Crippen LogP contribution in [0.25, 0.3) is 10.9 Å². The van der Waals surface area contributed by atoms with Gasteiger partial charge in [-0.05, 0) is 18.4 Å². The van der Waals surface area contributed by atoms with Crippen LogP contribution < -0.4 is 0 Å². The number of hydrogen-bond donors (Lipinski definition) is 1. The summed E-state index contributed by atoms with van der Waals surface area (Å²) in [5.74, 6) is -0.688. The third-order valence-electron chi connectivity index (χ3n) is 3.32. The van der Waals surface area contributed by atoms with Crippen molar-refractivity contribution in [3.63, 3.8) is 0 Å². The maximum atomic E-state index is 12.2. The van der Waals surface area contributed by atoms with E-state index in [-0.39, 0.29) is 12.4 Å². The summed E-state index contributed by atoms with van der Waals surface area (Å²) in [6.07, 6.45) is 6.37. The summed E-state index contributed by atoms with van der Waals surface area (Å²) in [5.41, 5.74) is 2.70. The highest BCUT2D eigenvalue weighted by atomic mass is 16.5. The topological polar surface area (TPSA) is 59.2 Å². The molecule has 0 amide bonds. The van der Waals surface area contributed by atoms with Gasteiger partial charge in [0.1, 0.15) is 0 Å². The van der Waals surface area contributed by atoms with Gasteiger partial charge in [0.15, 0.2) is 6.61 Å². The summed E-state index contributed by atoms with van der Waals surface area (Å²) in [7, 11) is 0. The molecule has 110 valence electrons. The van der Waals surface area contributed by atoms with Gasteiger partial charge in [-0.25, -0.2) is 4.79 Å². The van der Waals surface area contributed by atoms with E-state index in [4.69, 9.17) is 4.74 Å². The summed E-state index contributed by atoms with van der Waals surface area (Å²) in [6, 6.07) is 5.86. The molecular weight excluding hydrogens is 266 g/mol. The lowest BCUT2D eigenvalue weighted by Crippen LogP contribution is -2.12. The van der Waals surface area contributed by atoms with E-state index >= 15 is 0 Å². The predicted molar refractivity (Wildman–Crippen MR) is 82.4 cm³/mol. The van der Waals surface area contributed by atoms with Crippen LogP contribution in [0.15, 0.2) is 36.5 Å². The number of aromatic amines is 1. The largest absolute Gasteiger partial charge is 0.454 e. The van der Waals surface area contributed by atoms with E-state index < -0.39 is 5.97 Å². The second kappa shape index (κ2) is 6.88. The maximum absolute atomic E-state index is 12.2. The van der Waals surface area contributed by atoms with Crippen molar-refractivity contribution in [1.29, 1.82) is 0 Å². The molecule has 2 rings (SSSR count). The second-order valence-electron chi connectivity index (χ2n) is 4.74. The molecule has 1 aromatic heterocycles. The Morgan fingerprint density at radius 1 is 1.29 bits per heavy atom. The van der Waals surface area contributed by atoms with Gasteiger partial charge in [0.25, 0.3) is 0 Å². The van der Waals surface area contributed by atoms with Crippen LogP contribution in [-0.2, 0) is 16.0 Å². The molecular formula is C17H19NO3. The highest BCUT2D eigenvalue weighted by Crippen LogP contribution is 2.22. The Balaban J connectivity index is 2.13. The molecule has 0 saturated carbocycles. The maximum Gasteiger partial charge on any atom is 0.330 e. The van der Waals surface area contributed by atoms with Gasteiger partial charge < -0.3 is 9.72 Å². The van der Waals surface area contributed by atoms with E-state index in [1.807, 2.05) is 25.1 Å². The van der Waals surface area contributed by atoms with Crippen molar-refractivity contribution in [2.24, 2.45) is 0 Å². The van der Waals surface area contributed by atoms with Crippen LogP contribution >= 0.6 is 0 Å². The normalized spacial score (nSPS) is 11.1. The number of aryl methyl sites for hydroxylation is 1. The molecule has 0 atom stereocenters. The number of para-hydroxylation sites is 1. The van der Waals surface area contributed by atoms with Gasteiger partial charge in [0.2, 0.25) is 5.78 Å². The number of benzene rings is 1. The van der Waals surface area contributed by atoms with E-state index in [9.17, 15) is 9.59 Å². The molecule has 0 aliphatic rings. The Labute approximate surface area is 123 Å². The van der Waals surface area contributed by atoms with Crippen molar-refractivity contribution >= 4 is 22.7 Å². The quantitative estimate of drug-likeness (QED) is 0.502. The Morgan fingerprint density at radius 3 is 2.81 bits per heavy atom. The van der Waals surface area contributed by atoms with E-state index in [1.54, 1.807) is 12.3 Å². The summed E-state index contributed by atoms with van der Waals surface area (Å²) < 4.78 is 4.95. The highest BCUT2D eigenvalue weighted by Gasteiger charge is 2.14. The molecule has 0 aliphatic heterocycles. The number of aromatic nitrogens is 1. The Morgan fingerprint density at radius 2 is 2.10 bits per heavy atom. The molecule has 1 N–H and O–H groups in total. The summed E-state index contributed by atoms with van der Waals surface area (Å²) in [6.45, 7) is 3.75. The number of carbonyl (C=O) groups is 2. The first kappa shape index (κ1) is 15.0. The smallest absolute Gasteiger partial charge is 0.330 e. The Hall–Kier alpha value is -2.36. The molecule has 0 unspecified atom stereocenters. The van der Waals surface area contributed by atoms with E-state index in [0.717, 1.165) is 29.3 Å². The van der Waals surface area contributed by atoms with Gasteiger partial charge in [0.05, 0.1) is 0 Å². The zero-order chi connectivity index (χ0) is 15.2. The van der Waals surface area contributed by atoms with Gasteiger partial charge in [-0.2, -0.15) is 0 Å². The molecule has 0 saturated heterocycles. The Bertz CT molecular complexity index is 682. The molecule has 21 heavy (non-hydrogen) atoms. The highest BCUT2D eigenvalue weighted by molar-refractivity contribution is 6.09. The minimum absolute atomic E-state index is 0.201. The molecule has 2 aromatic rings. The van der Waals surface area contributed by atoms with E-state index in [1.165, 1.54) is 6.08 Å². The first-order valence-electron chi connectivity index (χ1n) is 7.12. The zero-order valence-electron chi connectivity index (χ0n) is 12.3. The molecule has 0 spiro atoms. The summed E-state index contributed by atoms with van der Waals surface area (Å²) >= 11 is 0. The third kappa shape index (κ3) is 3.40.